The van der Waals surface area contributed by atoms with E-state index in [4.69, 9.17) is 14.5 Å². The van der Waals surface area contributed by atoms with Crippen molar-refractivity contribution < 1.29 is 14.1 Å². The molecule has 1 heterocycles. The third-order valence-electron chi connectivity index (χ3n) is 3.52. The van der Waals surface area contributed by atoms with Crippen molar-refractivity contribution in [3.8, 4) is 17.4 Å². The van der Waals surface area contributed by atoms with E-state index in [2.05, 4.69) is 21.4 Å². The Morgan fingerprint density at radius 3 is 2.65 bits per heavy atom. The maximum Gasteiger partial charge on any atom is 0.407 e. The summed E-state index contributed by atoms with van der Waals surface area (Å²) in [7, 11) is 1.95. The molecular formula is C19H24N4O3. The minimum absolute atomic E-state index is 0.422. The number of nitrogens with zero attached hydrogens (tertiary/aromatic N) is 3. The van der Waals surface area contributed by atoms with Crippen LogP contribution in [-0.4, -0.2) is 41.9 Å². The zero-order valence-corrected chi connectivity index (χ0v) is 15.6. The Labute approximate surface area is 153 Å². The average Bonchev–Trinajstić information content (AvgIpc) is 3.01. The van der Waals surface area contributed by atoms with Gasteiger partial charge in [-0.25, -0.2) is 4.79 Å². The fourth-order valence-electron chi connectivity index (χ4n) is 2.34. The molecule has 0 atom stereocenters. The number of rotatable bonds is 6. The van der Waals surface area contributed by atoms with Crippen LogP contribution in [0.15, 0.2) is 35.0 Å². The smallest absolute Gasteiger partial charge is 0.407 e. The lowest BCUT2D eigenvalue weighted by Gasteiger charge is -2.21. The third kappa shape index (κ3) is 5.90. The normalized spacial score (nSPS) is 11.2. The number of hydrogen-bond acceptors (Lipinski definition) is 6. The first-order valence-corrected chi connectivity index (χ1v) is 8.38. The van der Waals surface area contributed by atoms with Gasteiger partial charge in [-0.2, -0.15) is 5.26 Å². The van der Waals surface area contributed by atoms with Gasteiger partial charge in [0.15, 0.2) is 5.76 Å². The van der Waals surface area contributed by atoms with Crippen LogP contribution < -0.4 is 5.32 Å². The average molecular weight is 356 g/mol. The monoisotopic (exact) mass is 356 g/mol. The van der Waals surface area contributed by atoms with Crippen LogP contribution in [0.5, 0.6) is 0 Å². The summed E-state index contributed by atoms with van der Waals surface area (Å²) < 4.78 is 10.6. The number of carbonyl (C=O) groups is 1. The number of hydrogen-bond donors (Lipinski definition) is 1. The number of nitriles is 1. The lowest BCUT2D eigenvalue weighted by molar-refractivity contribution is 0.0523. The fourth-order valence-corrected chi connectivity index (χ4v) is 2.34. The van der Waals surface area contributed by atoms with Gasteiger partial charge >= 0.3 is 6.09 Å². The Morgan fingerprint density at radius 1 is 1.35 bits per heavy atom. The summed E-state index contributed by atoms with van der Waals surface area (Å²) in [6.07, 6.45) is 1.26. The molecule has 0 unspecified atom stereocenters. The predicted molar refractivity (Wildman–Crippen MR) is 97.2 cm³/mol. The molecule has 26 heavy (non-hydrogen) atoms. The number of likely N-dealkylation sites (N-methyl/N-ethyl adjacent to an activating group) is 1. The van der Waals surface area contributed by atoms with Crippen LogP contribution in [-0.2, 0) is 11.3 Å². The SMILES string of the molecule is CN(CCNC(=O)OC(C)(C)C)Cc1cnoc1-c1ccc(C#N)cc1. The van der Waals surface area contributed by atoms with E-state index in [1.165, 1.54) is 0 Å². The fraction of sp³-hybridized carbons (Fsp3) is 0.421. The van der Waals surface area contributed by atoms with E-state index in [-0.39, 0.29) is 0 Å². The highest BCUT2D eigenvalue weighted by molar-refractivity contribution is 5.67. The summed E-state index contributed by atoms with van der Waals surface area (Å²) in [5.41, 5.74) is 1.90. The second-order valence-corrected chi connectivity index (χ2v) is 7.04. The van der Waals surface area contributed by atoms with E-state index < -0.39 is 11.7 Å². The maximum absolute atomic E-state index is 11.6. The number of aromatic nitrogens is 1. The Kier molecular flexibility index (Phi) is 6.36. The minimum Gasteiger partial charge on any atom is -0.444 e. The van der Waals surface area contributed by atoms with E-state index in [0.717, 1.165) is 11.1 Å². The number of amides is 1. The molecule has 0 aliphatic heterocycles. The molecule has 2 aromatic rings. The molecular weight excluding hydrogens is 332 g/mol. The largest absolute Gasteiger partial charge is 0.444 e. The summed E-state index contributed by atoms with van der Waals surface area (Å²) in [4.78, 5) is 13.7. The van der Waals surface area contributed by atoms with Crippen molar-refractivity contribution in [2.45, 2.75) is 32.9 Å². The topological polar surface area (TPSA) is 91.4 Å². The summed E-state index contributed by atoms with van der Waals surface area (Å²) in [6.45, 7) is 7.23. The zero-order chi connectivity index (χ0) is 19.2. The van der Waals surface area contributed by atoms with Crippen LogP contribution in [0, 0.1) is 11.3 Å². The first-order valence-electron chi connectivity index (χ1n) is 8.38. The van der Waals surface area contributed by atoms with Crippen molar-refractivity contribution in [3.05, 3.63) is 41.6 Å². The Hall–Kier alpha value is -2.85. The van der Waals surface area contributed by atoms with Crippen molar-refractivity contribution in [2.24, 2.45) is 0 Å². The van der Waals surface area contributed by atoms with Crippen molar-refractivity contribution in [3.63, 3.8) is 0 Å². The van der Waals surface area contributed by atoms with Crippen molar-refractivity contribution in [1.82, 2.24) is 15.4 Å². The van der Waals surface area contributed by atoms with Crippen LogP contribution in [0.2, 0.25) is 0 Å². The van der Waals surface area contributed by atoms with Gasteiger partial charge in [-0.3, -0.25) is 0 Å². The molecule has 1 amide bonds. The second-order valence-electron chi connectivity index (χ2n) is 7.04. The molecule has 0 aliphatic carbocycles. The highest BCUT2D eigenvalue weighted by Gasteiger charge is 2.16. The van der Waals surface area contributed by atoms with Crippen molar-refractivity contribution in [1.29, 1.82) is 5.26 Å². The maximum atomic E-state index is 11.6. The van der Waals surface area contributed by atoms with Crippen LogP contribution >= 0.6 is 0 Å². The molecule has 1 aromatic heterocycles. The second kappa shape index (κ2) is 8.50. The number of carbonyl (C=O) groups excluding carboxylic acids is 1. The van der Waals surface area contributed by atoms with Gasteiger partial charge in [-0.05, 0) is 52.1 Å². The Bertz CT molecular complexity index is 769. The number of ether oxygens (including phenoxy) is 1. The first kappa shape index (κ1) is 19.5. The number of alkyl carbamates (subject to hydrolysis) is 1. The van der Waals surface area contributed by atoms with Gasteiger partial charge in [0.05, 0.1) is 17.8 Å². The summed E-state index contributed by atoms with van der Waals surface area (Å²) in [5, 5.41) is 15.5. The van der Waals surface area contributed by atoms with Crippen LogP contribution in [0.25, 0.3) is 11.3 Å². The molecule has 0 fully saturated rings. The van der Waals surface area contributed by atoms with Gasteiger partial charge in [-0.15, -0.1) is 0 Å². The van der Waals surface area contributed by atoms with E-state index >= 15 is 0 Å². The van der Waals surface area contributed by atoms with E-state index in [1.54, 1.807) is 18.3 Å². The highest BCUT2D eigenvalue weighted by atomic mass is 16.6. The van der Waals surface area contributed by atoms with Crippen LogP contribution in [0.1, 0.15) is 31.9 Å². The molecule has 1 N–H and O–H groups in total. The molecule has 7 heteroatoms. The molecule has 0 radical (unpaired) electrons. The first-order chi connectivity index (χ1) is 12.3. The minimum atomic E-state index is -0.506. The van der Waals surface area contributed by atoms with Gasteiger partial charge in [0.2, 0.25) is 0 Å². The molecule has 7 nitrogen and oxygen atoms in total. The van der Waals surface area contributed by atoms with Gasteiger partial charge in [0, 0.05) is 30.8 Å². The molecule has 0 saturated heterocycles. The molecule has 138 valence electrons. The Morgan fingerprint density at radius 2 is 2.04 bits per heavy atom. The van der Waals surface area contributed by atoms with Crippen LogP contribution in [0.3, 0.4) is 0 Å². The molecule has 2 rings (SSSR count). The van der Waals surface area contributed by atoms with E-state index in [0.29, 0.717) is 31.0 Å². The quantitative estimate of drug-likeness (QED) is 0.855. The van der Waals surface area contributed by atoms with Crippen LogP contribution in [0.4, 0.5) is 4.79 Å². The van der Waals surface area contributed by atoms with Crippen molar-refractivity contribution >= 4 is 6.09 Å². The van der Waals surface area contributed by atoms with Gasteiger partial charge in [0.25, 0.3) is 0 Å². The summed E-state index contributed by atoms with van der Waals surface area (Å²) in [5.74, 6) is 0.682. The standard InChI is InChI=1S/C19H24N4O3/c1-19(2,3)25-18(24)21-9-10-23(4)13-16-12-22-26-17(16)15-7-5-14(11-20)6-8-15/h5-8,12H,9-10,13H2,1-4H3,(H,21,24). The lowest BCUT2D eigenvalue weighted by atomic mass is 10.1. The van der Waals surface area contributed by atoms with E-state index in [1.807, 2.05) is 40.0 Å². The van der Waals surface area contributed by atoms with Gasteiger partial charge in [-0.1, -0.05) is 5.16 Å². The lowest BCUT2D eigenvalue weighted by Crippen LogP contribution is -2.36. The van der Waals surface area contributed by atoms with Gasteiger partial charge < -0.3 is 19.5 Å². The zero-order valence-electron chi connectivity index (χ0n) is 15.6. The highest BCUT2D eigenvalue weighted by Crippen LogP contribution is 2.24. The summed E-state index contributed by atoms with van der Waals surface area (Å²) >= 11 is 0. The van der Waals surface area contributed by atoms with Crippen molar-refractivity contribution in [2.75, 3.05) is 20.1 Å². The number of benzene rings is 1. The Balaban J connectivity index is 1.88. The molecule has 0 saturated carbocycles. The number of nitrogens with one attached hydrogen (secondary N) is 1. The molecule has 0 bridgehead atoms. The molecule has 0 aliphatic rings. The molecule has 0 spiro atoms. The molecule has 1 aromatic carbocycles. The third-order valence-corrected chi connectivity index (χ3v) is 3.52. The van der Waals surface area contributed by atoms with E-state index in [9.17, 15) is 4.79 Å². The predicted octanol–water partition coefficient (Wildman–Crippen LogP) is 3.17. The summed E-state index contributed by atoms with van der Waals surface area (Å²) in [6, 6.07) is 9.27. The van der Waals surface area contributed by atoms with Gasteiger partial charge in [0.1, 0.15) is 5.60 Å².